The van der Waals surface area contributed by atoms with E-state index in [1.807, 2.05) is 0 Å². The molecule has 1 heterocycles. The number of thiazole rings is 1. The van der Waals surface area contributed by atoms with Gasteiger partial charge in [-0.3, -0.25) is 0 Å². The van der Waals surface area contributed by atoms with Gasteiger partial charge >= 0.3 is 0 Å². The third-order valence-corrected chi connectivity index (χ3v) is 2.55. The maximum Gasteiger partial charge on any atom is 0.296 e. The molecule has 0 fully saturated rings. The number of rotatable bonds is 3. The molecular weight excluding hydrogens is 182 g/mol. The first kappa shape index (κ1) is 9.54. The quantitative estimate of drug-likeness (QED) is 0.792. The van der Waals surface area contributed by atoms with E-state index in [9.17, 15) is 8.78 Å². The SMILES string of the molecule is CC(F)(F)c1ncc(CCN)s1. The van der Waals surface area contributed by atoms with Crippen LogP contribution in [0.25, 0.3) is 0 Å². The summed E-state index contributed by atoms with van der Waals surface area (Å²) in [6, 6.07) is 0. The molecule has 1 rings (SSSR count). The Morgan fingerprint density at radius 2 is 2.33 bits per heavy atom. The fourth-order valence-electron chi connectivity index (χ4n) is 0.768. The lowest BCUT2D eigenvalue weighted by atomic mass is 10.4. The van der Waals surface area contributed by atoms with Crippen LogP contribution in [0.4, 0.5) is 8.78 Å². The molecule has 0 spiro atoms. The number of aromatic nitrogens is 1. The van der Waals surface area contributed by atoms with Crippen LogP contribution in [0.1, 0.15) is 16.8 Å². The first-order valence-electron chi connectivity index (χ1n) is 3.57. The third-order valence-electron chi connectivity index (χ3n) is 1.32. The van der Waals surface area contributed by atoms with Gasteiger partial charge in [-0.15, -0.1) is 11.3 Å². The van der Waals surface area contributed by atoms with Crippen LogP contribution in [0.2, 0.25) is 0 Å². The number of nitrogens with two attached hydrogens (primary N) is 1. The van der Waals surface area contributed by atoms with Crippen LogP contribution in [0.5, 0.6) is 0 Å². The van der Waals surface area contributed by atoms with Crippen molar-refractivity contribution in [1.82, 2.24) is 4.98 Å². The number of hydrogen-bond acceptors (Lipinski definition) is 3. The van der Waals surface area contributed by atoms with Crippen molar-refractivity contribution in [3.63, 3.8) is 0 Å². The highest BCUT2D eigenvalue weighted by Crippen LogP contribution is 2.30. The summed E-state index contributed by atoms with van der Waals surface area (Å²) >= 11 is 1.02. The predicted octanol–water partition coefficient (Wildman–Crippen LogP) is 1.76. The molecule has 1 aromatic heterocycles. The van der Waals surface area contributed by atoms with E-state index >= 15 is 0 Å². The molecule has 68 valence electrons. The van der Waals surface area contributed by atoms with Crippen molar-refractivity contribution in [2.75, 3.05) is 6.54 Å². The molecule has 12 heavy (non-hydrogen) atoms. The van der Waals surface area contributed by atoms with Crippen LogP contribution in [-0.2, 0) is 12.3 Å². The van der Waals surface area contributed by atoms with E-state index in [2.05, 4.69) is 4.98 Å². The highest BCUT2D eigenvalue weighted by atomic mass is 32.1. The molecule has 1 aromatic rings. The molecule has 0 aliphatic carbocycles. The monoisotopic (exact) mass is 192 g/mol. The molecule has 0 bridgehead atoms. The second-order valence-corrected chi connectivity index (χ2v) is 3.67. The molecule has 0 aliphatic rings. The lowest BCUT2D eigenvalue weighted by Crippen LogP contribution is -2.05. The van der Waals surface area contributed by atoms with E-state index in [1.54, 1.807) is 0 Å². The maximum atomic E-state index is 12.6. The summed E-state index contributed by atoms with van der Waals surface area (Å²) in [6.07, 6.45) is 2.08. The Bertz CT molecular complexity index is 254. The summed E-state index contributed by atoms with van der Waals surface area (Å²) < 4.78 is 25.2. The summed E-state index contributed by atoms with van der Waals surface area (Å²) in [7, 11) is 0. The molecule has 0 atom stereocenters. The number of nitrogens with zero attached hydrogens (tertiary/aromatic N) is 1. The van der Waals surface area contributed by atoms with Crippen molar-refractivity contribution in [3.05, 3.63) is 16.1 Å². The van der Waals surface area contributed by atoms with Crippen LogP contribution < -0.4 is 5.73 Å². The zero-order chi connectivity index (χ0) is 9.19. The fraction of sp³-hybridized carbons (Fsp3) is 0.571. The van der Waals surface area contributed by atoms with E-state index in [1.165, 1.54) is 6.20 Å². The normalized spacial score (nSPS) is 12.0. The molecule has 2 N–H and O–H groups in total. The molecule has 2 nitrogen and oxygen atoms in total. The average molecular weight is 192 g/mol. The van der Waals surface area contributed by atoms with Crippen LogP contribution in [0.3, 0.4) is 0 Å². The van der Waals surface area contributed by atoms with Gasteiger partial charge < -0.3 is 5.73 Å². The van der Waals surface area contributed by atoms with Crippen molar-refractivity contribution >= 4 is 11.3 Å². The van der Waals surface area contributed by atoms with Crippen molar-refractivity contribution < 1.29 is 8.78 Å². The Balaban J connectivity index is 2.77. The van der Waals surface area contributed by atoms with Crippen LogP contribution >= 0.6 is 11.3 Å². The molecule has 0 radical (unpaired) electrons. The fourth-order valence-corrected chi connectivity index (χ4v) is 1.63. The van der Waals surface area contributed by atoms with Gasteiger partial charge in [0.05, 0.1) is 0 Å². The standard InChI is InChI=1S/C7H10F2N2S/c1-7(8,9)6-11-4-5(12-6)2-3-10/h4H,2-3,10H2,1H3. The van der Waals surface area contributed by atoms with Gasteiger partial charge in [-0.05, 0) is 13.0 Å². The molecule has 5 heteroatoms. The van der Waals surface area contributed by atoms with Crippen molar-refractivity contribution in [2.45, 2.75) is 19.3 Å². The summed E-state index contributed by atoms with van der Waals surface area (Å²) in [4.78, 5) is 4.43. The van der Waals surface area contributed by atoms with E-state index < -0.39 is 5.92 Å². The minimum atomic E-state index is -2.82. The first-order valence-corrected chi connectivity index (χ1v) is 4.38. The van der Waals surface area contributed by atoms with E-state index in [-0.39, 0.29) is 5.01 Å². The zero-order valence-corrected chi connectivity index (χ0v) is 7.50. The van der Waals surface area contributed by atoms with Crippen molar-refractivity contribution in [2.24, 2.45) is 5.73 Å². The molecule has 0 aliphatic heterocycles. The Kier molecular flexibility index (Phi) is 2.74. The van der Waals surface area contributed by atoms with E-state index in [4.69, 9.17) is 5.73 Å². The van der Waals surface area contributed by atoms with Gasteiger partial charge in [-0.2, -0.15) is 8.78 Å². The van der Waals surface area contributed by atoms with Gasteiger partial charge in [0.15, 0.2) is 5.01 Å². The van der Waals surface area contributed by atoms with Gasteiger partial charge in [0, 0.05) is 18.0 Å². The first-order chi connectivity index (χ1) is 5.54. The van der Waals surface area contributed by atoms with Gasteiger partial charge in [-0.25, -0.2) is 4.98 Å². The Morgan fingerprint density at radius 1 is 1.67 bits per heavy atom. The Morgan fingerprint density at radius 3 is 2.75 bits per heavy atom. The second-order valence-electron chi connectivity index (χ2n) is 2.56. The van der Waals surface area contributed by atoms with Crippen LogP contribution in [0.15, 0.2) is 6.20 Å². The zero-order valence-electron chi connectivity index (χ0n) is 6.68. The van der Waals surface area contributed by atoms with Gasteiger partial charge in [0.2, 0.25) is 0 Å². The van der Waals surface area contributed by atoms with E-state index in [0.29, 0.717) is 13.0 Å². The summed E-state index contributed by atoms with van der Waals surface area (Å²) in [5.41, 5.74) is 5.27. The second kappa shape index (κ2) is 3.45. The minimum Gasteiger partial charge on any atom is -0.330 e. The molecule has 0 saturated carbocycles. The van der Waals surface area contributed by atoms with Crippen molar-refractivity contribution in [1.29, 1.82) is 0 Å². The molecule has 0 aromatic carbocycles. The lowest BCUT2D eigenvalue weighted by molar-refractivity contribution is 0.0172. The molecule has 0 saturated heterocycles. The highest BCUT2D eigenvalue weighted by Gasteiger charge is 2.27. The smallest absolute Gasteiger partial charge is 0.296 e. The number of halogens is 2. The minimum absolute atomic E-state index is 0.133. The molecular formula is C7H10F2N2S. The predicted molar refractivity (Wildman–Crippen MR) is 44.4 cm³/mol. The molecule has 0 unspecified atom stereocenters. The lowest BCUT2D eigenvalue weighted by Gasteiger charge is -2.03. The Hall–Kier alpha value is -0.550. The number of alkyl halides is 2. The highest BCUT2D eigenvalue weighted by molar-refractivity contribution is 7.11. The maximum absolute atomic E-state index is 12.6. The average Bonchev–Trinajstić information content (AvgIpc) is 2.35. The van der Waals surface area contributed by atoms with Gasteiger partial charge in [0.1, 0.15) is 0 Å². The van der Waals surface area contributed by atoms with Gasteiger partial charge in [0.25, 0.3) is 5.92 Å². The van der Waals surface area contributed by atoms with Crippen LogP contribution in [-0.4, -0.2) is 11.5 Å². The largest absolute Gasteiger partial charge is 0.330 e. The van der Waals surface area contributed by atoms with Gasteiger partial charge in [-0.1, -0.05) is 0 Å². The third kappa shape index (κ3) is 2.22. The summed E-state index contributed by atoms with van der Waals surface area (Å²) in [5, 5.41) is -0.133. The topological polar surface area (TPSA) is 38.9 Å². The summed E-state index contributed by atoms with van der Waals surface area (Å²) in [6.45, 7) is 1.31. The van der Waals surface area contributed by atoms with Crippen LogP contribution in [0, 0.1) is 0 Å². The Labute approximate surface area is 73.4 Å². The van der Waals surface area contributed by atoms with Crippen molar-refractivity contribution in [3.8, 4) is 0 Å². The van der Waals surface area contributed by atoms with E-state index in [0.717, 1.165) is 23.1 Å². The summed E-state index contributed by atoms with van der Waals surface area (Å²) in [5.74, 6) is -2.82. The molecule has 0 amide bonds. The number of hydrogen-bond donors (Lipinski definition) is 1.